The van der Waals surface area contributed by atoms with Crippen molar-refractivity contribution in [2.45, 2.75) is 0 Å². The summed E-state index contributed by atoms with van der Waals surface area (Å²) in [5.74, 6) is -0.249. The van der Waals surface area contributed by atoms with Crippen molar-refractivity contribution in [2.75, 3.05) is 5.32 Å². The number of amides is 1. The van der Waals surface area contributed by atoms with E-state index in [1.165, 1.54) is 6.20 Å². The fraction of sp³-hybridized carbons (Fsp3) is 0. The van der Waals surface area contributed by atoms with Crippen LogP contribution in [-0.4, -0.2) is 21.1 Å². The zero-order chi connectivity index (χ0) is 10.7. The van der Waals surface area contributed by atoms with Crippen LogP contribution in [0.3, 0.4) is 0 Å². The van der Waals surface area contributed by atoms with Crippen LogP contribution in [0.15, 0.2) is 35.2 Å². The number of hydrogen-bond acceptors (Lipinski definition) is 3. The summed E-state index contributed by atoms with van der Waals surface area (Å²) in [6.07, 6.45) is 3.16. The number of anilines is 1. The van der Waals surface area contributed by atoms with Gasteiger partial charge in [-0.1, -0.05) is 0 Å². The molecular weight excluding hydrogens is 260 g/mol. The lowest BCUT2D eigenvalue weighted by atomic mass is 10.3. The molecule has 0 atom stereocenters. The number of pyridine rings is 1. The highest BCUT2D eigenvalue weighted by molar-refractivity contribution is 9.10. The van der Waals surface area contributed by atoms with E-state index in [1.54, 1.807) is 24.4 Å². The zero-order valence-electron chi connectivity index (χ0n) is 7.57. The summed E-state index contributed by atoms with van der Waals surface area (Å²) in [5.41, 5.74) is 1.03. The number of aromatic amines is 1. The zero-order valence-corrected chi connectivity index (χ0v) is 9.15. The first-order chi connectivity index (χ1) is 7.27. The molecule has 0 aromatic carbocycles. The van der Waals surface area contributed by atoms with Crippen LogP contribution < -0.4 is 5.32 Å². The van der Waals surface area contributed by atoms with Crippen molar-refractivity contribution in [3.8, 4) is 0 Å². The van der Waals surface area contributed by atoms with Crippen molar-refractivity contribution in [2.24, 2.45) is 0 Å². The quantitative estimate of drug-likeness (QED) is 0.815. The summed E-state index contributed by atoms with van der Waals surface area (Å²) in [5, 5.41) is 8.97. The first-order valence-electron chi connectivity index (χ1n) is 4.18. The second-order valence-corrected chi connectivity index (χ2v) is 3.52. The minimum Gasteiger partial charge on any atom is -0.318 e. The molecule has 2 heterocycles. The fourth-order valence-corrected chi connectivity index (χ4v) is 1.40. The molecule has 0 aliphatic heterocycles. The summed E-state index contributed by atoms with van der Waals surface area (Å²) >= 11 is 3.24. The predicted octanol–water partition coefficient (Wildman–Crippen LogP) is 1.82. The third kappa shape index (κ3) is 2.21. The van der Waals surface area contributed by atoms with Gasteiger partial charge in [-0.25, -0.2) is 4.98 Å². The van der Waals surface area contributed by atoms with Crippen LogP contribution in [0.4, 0.5) is 5.69 Å². The lowest BCUT2D eigenvalue weighted by molar-refractivity contribution is 0.102. The highest BCUT2D eigenvalue weighted by Gasteiger charge is 2.08. The second kappa shape index (κ2) is 4.22. The number of H-pyrrole nitrogens is 1. The number of rotatable bonds is 2. The predicted molar refractivity (Wildman–Crippen MR) is 58.5 cm³/mol. The van der Waals surface area contributed by atoms with Gasteiger partial charge < -0.3 is 5.32 Å². The molecule has 0 bridgehead atoms. The van der Waals surface area contributed by atoms with Crippen LogP contribution >= 0.6 is 15.9 Å². The molecule has 1 amide bonds. The Morgan fingerprint density at radius 3 is 2.93 bits per heavy atom. The Labute approximate surface area is 94.0 Å². The van der Waals surface area contributed by atoms with E-state index in [0.29, 0.717) is 16.0 Å². The SMILES string of the molecule is O=C(Nc1cccnc1Br)c1ccn[nH]1. The van der Waals surface area contributed by atoms with E-state index in [4.69, 9.17) is 0 Å². The first-order valence-corrected chi connectivity index (χ1v) is 4.98. The summed E-state index contributed by atoms with van der Waals surface area (Å²) in [7, 11) is 0. The molecule has 0 aliphatic carbocycles. The largest absolute Gasteiger partial charge is 0.318 e. The maximum Gasteiger partial charge on any atom is 0.273 e. The molecule has 0 fully saturated rings. The van der Waals surface area contributed by atoms with Gasteiger partial charge in [-0.2, -0.15) is 5.10 Å². The third-order valence-corrected chi connectivity index (χ3v) is 2.38. The van der Waals surface area contributed by atoms with Crippen LogP contribution in [-0.2, 0) is 0 Å². The molecule has 0 aliphatic rings. The molecular formula is C9H7BrN4O. The van der Waals surface area contributed by atoms with E-state index >= 15 is 0 Å². The Morgan fingerprint density at radius 1 is 1.40 bits per heavy atom. The average Bonchev–Trinajstić information content (AvgIpc) is 2.74. The number of hydrogen-bond donors (Lipinski definition) is 2. The lowest BCUT2D eigenvalue weighted by Crippen LogP contribution is -2.12. The van der Waals surface area contributed by atoms with E-state index in [-0.39, 0.29) is 5.91 Å². The van der Waals surface area contributed by atoms with Crippen molar-refractivity contribution in [3.05, 3.63) is 40.9 Å². The standard InChI is InChI=1S/C9H7BrN4O/c10-8-6(2-1-4-11-8)13-9(15)7-3-5-12-14-7/h1-5H,(H,12,14)(H,13,15). The summed E-state index contributed by atoms with van der Waals surface area (Å²) in [4.78, 5) is 15.6. The third-order valence-electron chi connectivity index (χ3n) is 1.75. The number of halogens is 1. The van der Waals surface area contributed by atoms with Crippen LogP contribution in [0.25, 0.3) is 0 Å². The molecule has 2 aromatic heterocycles. The highest BCUT2D eigenvalue weighted by atomic mass is 79.9. The highest BCUT2D eigenvalue weighted by Crippen LogP contribution is 2.18. The van der Waals surface area contributed by atoms with Crippen molar-refractivity contribution >= 4 is 27.5 Å². The van der Waals surface area contributed by atoms with Crippen LogP contribution in [0.1, 0.15) is 10.5 Å². The van der Waals surface area contributed by atoms with E-state index < -0.39 is 0 Å². The number of carbonyl (C=O) groups is 1. The van der Waals surface area contributed by atoms with Gasteiger partial charge in [0.15, 0.2) is 0 Å². The molecule has 6 heteroatoms. The van der Waals surface area contributed by atoms with E-state index in [9.17, 15) is 4.79 Å². The van der Waals surface area contributed by atoms with Gasteiger partial charge >= 0.3 is 0 Å². The van der Waals surface area contributed by atoms with E-state index in [0.717, 1.165) is 0 Å². The number of carbonyl (C=O) groups excluding carboxylic acids is 1. The number of aromatic nitrogens is 3. The number of nitrogens with one attached hydrogen (secondary N) is 2. The van der Waals surface area contributed by atoms with Crippen molar-refractivity contribution in [1.29, 1.82) is 0 Å². The Bertz CT molecular complexity index is 469. The normalized spacial score (nSPS) is 9.93. The van der Waals surface area contributed by atoms with E-state index in [1.807, 2.05) is 0 Å². The van der Waals surface area contributed by atoms with Crippen LogP contribution in [0, 0.1) is 0 Å². The topological polar surface area (TPSA) is 70.7 Å². The van der Waals surface area contributed by atoms with Crippen molar-refractivity contribution in [1.82, 2.24) is 15.2 Å². The van der Waals surface area contributed by atoms with Crippen LogP contribution in [0.5, 0.6) is 0 Å². The molecule has 0 saturated carbocycles. The first kappa shape index (κ1) is 9.85. The summed E-state index contributed by atoms with van der Waals surface area (Å²) < 4.78 is 0.595. The van der Waals surface area contributed by atoms with Gasteiger partial charge in [-0.15, -0.1) is 0 Å². The Morgan fingerprint density at radius 2 is 2.27 bits per heavy atom. The van der Waals surface area contributed by atoms with Gasteiger partial charge in [0.1, 0.15) is 10.3 Å². The Hall–Kier alpha value is -1.69. The molecule has 0 saturated heterocycles. The van der Waals surface area contributed by atoms with Gasteiger partial charge in [0.2, 0.25) is 0 Å². The average molecular weight is 267 g/mol. The van der Waals surface area contributed by atoms with Gasteiger partial charge in [0.05, 0.1) is 5.69 Å². The summed E-state index contributed by atoms with van der Waals surface area (Å²) in [6, 6.07) is 5.10. The Kier molecular flexibility index (Phi) is 2.77. The maximum atomic E-state index is 11.6. The van der Waals surface area contributed by atoms with Gasteiger partial charge in [0, 0.05) is 12.4 Å². The van der Waals surface area contributed by atoms with Crippen LogP contribution in [0.2, 0.25) is 0 Å². The molecule has 5 nitrogen and oxygen atoms in total. The minimum absolute atomic E-state index is 0.249. The molecule has 0 radical (unpaired) electrons. The van der Waals surface area contributed by atoms with Gasteiger partial charge in [0.25, 0.3) is 5.91 Å². The van der Waals surface area contributed by atoms with Gasteiger partial charge in [-0.3, -0.25) is 9.89 Å². The minimum atomic E-state index is -0.249. The number of nitrogens with zero attached hydrogens (tertiary/aromatic N) is 2. The summed E-state index contributed by atoms with van der Waals surface area (Å²) in [6.45, 7) is 0. The second-order valence-electron chi connectivity index (χ2n) is 2.77. The molecule has 2 aromatic rings. The molecule has 15 heavy (non-hydrogen) atoms. The Balaban J connectivity index is 2.17. The molecule has 2 rings (SSSR count). The fourth-order valence-electron chi connectivity index (χ4n) is 1.05. The molecule has 0 spiro atoms. The maximum absolute atomic E-state index is 11.6. The lowest BCUT2D eigenvalue weighted by Gasteiger charge is -2.04. The van der Waals surface area contributed by atoms with Gasteiger partial charge in [-0.05, 0) is 34.1 Å². The molecule has 0 unspecified atom stereocenters. The monoisotopic (exact) mass is 266 g/mol. The molecule has 2 N–H and O–H groups in total. The van der Waals surface area contributed by atoms with Crippen molar-refractivity contribution < 1.29 is 4.79 Å². The smallest absolute Gasteiger partial charge is 0.273 e. The van der Waals surface area contributed by atoms with Crippen molar-refractivity contribution in [3.63, 3.8) is 0 Å². The molecule has 76 valence electrons. The van der Waals surface area contributed by atoms with E-state index in [2.05, 4.69) is 36.4 Å².